The molecule has 1 unspecified atom stereocenters. The highest BCUT2D eigenvalue weighted by atomic mass is 16.5. The number of nitrogens with zero attached hydrogens (tertiary/aromatic N) is 3. The zero-order valence-electron chi connectivity index (χ0n) is 18.8. The minimum absolute atomic E-state index is 0.165. The molecule has 168 valence electrons. The van der Waals surface area contributed by atoms with E-state index in [9.17, 15) is 4.79 Å². The van der Waals surface area contributed by atoms with Gasteiger partial charge in [0.1, 0.15) is 5.75 Å². The number of hydrogen-bond acceptors (Lipinski definition) is 5. The Morgan fingerprint density at radius 3 is 2.88 bits per heavy atom. The van der Waals surface area contributed by atoms with Crippen LogP contribution < -0.4 is 15.4 Å². The second-order valence-corrected chi connectivity index (χ2v) is 8.18. The summed E-state index contributed by atoms with van der Waals surface area (Å²) in [5.74, 6) is 0.543. The fraction of sp³-hybridized carbons (Fsp3) is 0.400. The first-order valence-electron chi connectivity index (χ1n) is 11.3. The molecule has 1 aromatic carbocycles. The van der Waals surface area contributed by atoms with E-state index in [1.807, 2.05) is 41.3 Å². The van der Waals surface area contributed by atoms with Crippen molar-refractivity contribution in [1.82, 2.24) is 20.1 Å². The number of hydrogen-bond donors (Lipinski definition) is 2. The van der Waals surface area contributed by atoms with Gasteiger partial charge in [-0.3, -0.25) is 14.5 Å². The molecule has 1 aliphatic carbocycles. The molecule has 7 heteroatoms. The Morgan fingerprint density at radius 2 is 2.09 bits per heavy atom. The number of aryl methyl sites for hydroxylation is 1. The molecule has 3 aromatic rings. The van der Waals surface area contributed by atoms with Crippen LogP contribution in [0.25, 0.3) is 0 Å². The van der Waals surface area contributed by atoms with Crippen molar-refractivity contribution in [2.45, 2.75) is 51.6 Å². The molecule has 0 aliphatic heterocycles. The Morgan fingerprint density at radius 1 is 1.25 bits per heavy atom. The number of methoxy groups -OCH3 is 1. The van der Waals surface area contributed by atoms with Crippen LogP contribution in [0.5, 0.6) is 5.75 Å². The van der Waals surface area contributed by atoms with E-state index in [0.717, 1.165) is 50.8 Å². The third kappa shape index (κ3) is 5.16. The summed E-state index contributed by atoms with van der Waals surface area (Å²) in [6.07, 6.45) is 8.41. The summed E-state index contributed by atoms with van der Waals surface area (Å²) in [6.45, 7) is 3.86. The van der Waals surface area contributed by atoms with Gasteiger partial charge in [0.25, 0.3) is 5.91 Å². The quantitative estimate of drug-likeness (QED) is 0.539. The molecule has 4 rings (SSSR count). The molecule has 7 nitrogen and oxygen atoms in total. The third-order valence-corrected chi connectivity index (χ3v) is 5.92. The van der Waals surface area contributed by atoms with Gasteiger partial charge in [-0.2, -0.15) is 5.10 Å². The minimum atomic E-state index is -0.165. The molecule has 1 amide bonds. The van der Waals surface area contributed by atoms with Gasteiger partial charge in [0, 0.05) is 48.0 Å². The molecule has 0 spiro atoms. The second kappa shape index (κ2) is 10.4. The van der Waals surface area contributed by atoms with Crippen LogP contribution in [0.4, 0.5) is 5.69 Å². The first kappa shape index (κ1) is 22.0. The standard InChI is InChI=1S/C25H31N5O2/c1-3-15-30-23-8-7-19(27-14-11-18-9-12-26-13-10-18)17-22(23)24(29-30)25(31)28-20-5-4-6-21(16-20)32-2/h4-6,9-10,12-13,16,19,27H,3,7-8,11,14-15,17H2,1-2H3,(H,28,31). The lowest BCUT2D eigenvalue weighted by molar-refractivity contribution is 0.102. The molecular formula is C25H31N5O2. The van der Waals surface area contributed by atoms with Gasteiger partial charge in [0.15, 0.2) is 5.69 Å². The highest BCUT2D eigenvalue weighted by Crippen LogP contribution is 2.26. The zero-order valence-corrected chi connectivity index (χ0v) is 18.8. The smallest absolute Gasteiger partial charge is 0.276 e. The Kier molecular flexibility index (Phi) is 7.17. The van der Waals surface area contributed by atoms with E-state index in [1.54, 1.807) is 7.11 Å². The number of carbonyl (C=O) groups excluding carboxylic acids is 1. The molecule has 0 saturated carbocycles. The summed E-state index contributed by atoms with van der Waals surface area (Å²) >= 11 is 0. The van der Waals surface area contributed by atoms with Gasteiger partial charge in [-0.1, -0.05) is 13.0 Å². The number of nitrogens with one attached hydrogen (secondary N) is 2. The molecule has 1 atom stereocenters. The molecule has 32 heavy (non-hydrogen) atoms. The van der Waals surface area contributed by atoms with Crippen molar-refractivity contribution >= 4 is 11.6 Å². The number of carbonyl (C=O) groups is 1. The van der Waals surface area contributed by atoms with E-state index in [0.29, 0.717) is 23.2 Å². The van der Waals surface area contributed by atoms with E-state index < -0.39 is 0 Å². The maximum Gasteiger partial charge on any atom is 0.276 e. The van der Waals surface area contributed by atoms with E-state index >= 15 is 0 Å². The molecule has 0 saturated heterocycles. The van der Waals surface area contributed by atoms with Crippen LogP contribution in [-0.4, -0.2) is 40.4 Å². The highest BCUT2D eigenvalue weighted by molar-refractivity contribution is 6.04. The highest BCUT2D eigenvalue weighted by Gasteiger charge is 2.29. The Labute approximate surface area is 189 Å². The average Bonchev–Trinajstić information content (AvgIpc) is 3.18. The van der Waals surface area contributed by atoms with Gasteiger partial charge in [-0.25, -0.2) is 0 Å². The molecule has 0 bridgehead atoms. The lowest BCUT2D eigenvalue weighted by Gasteiger charge is -2.24. The van der Waals surface area contributed by atoms with Crippen molar-refractivity contribution in [2.75, 3.05) is 19.0 Å². The molecule has 0 fully saturated rings. The van der Waals surface area contributed by atoms with Crippen molar-refractivity contribution in [2.24, 2.45) is 0 Å². The fourth-order valence-corrected chi connectivity index (χ4v) is 4.30. The molecule has 1 aliphatic rings. The van der Waals surface area contributed by atoms with Gasteiger partial charge in [-0.15, -0.1) is 0 Å². The SMILES string of the molecule is CCCn1nc(C(=O)Nc2cccc(OC)c2)c2c1CCC(NCCc1ccncc1)C2. The first-order chi connectivity index (χ1) is 15.7. The maximum absolute atomic E-state index is 13.2. The van der Waals surface area contributed by atoms with Gasteiger partial charge in [-0.05, 0) is 68.5 Å². The van der Waals surface area contributed by atoms with Crippen molar-refractivity contribution in [3.63, 3.8) is 0 Å². The van der Waals surface area contributed by atoms with E-state index in [-0.39, 0.29) is 5.91 Å². The summed E-state index contributed by atoms with van der Waals surface area (Å²) in [5.41, 5.74) is 4.80. The number of pyridine rings is 1. The van der Waals surface area contributed by atoms with Crippen LogP contribution in [0.2, 0.25) is 0 Å². The van der Waals surface area contributed by atoms with Crippen LogP contribution in [0.15, 0.2) is 48.8 Å². The van der Waals surface area contributed by atoms with E-state index in [2.05, 4.69) is 34.7 Å². The maximum atomic E-state index is 13.2. The lowest BCUT2D eigenvalue weighted by Crippen LogP contribution is -2.36. The van der Waals surface area contributed by atoms with Crippen LogP contribution in [-0.2, 0) is 25.8 Å². The number of benzene rings is 1. The summed E-state index contributed by atoms with van der Waals surface area (Å²) < 4.78 is 7.30. The second-order valence-electron chi connectivity index (χ2n) is 8.18. The Bertz CT molecular complexity index is 1050. The average molecular weight is 434 g/mol. The van der Waals surface area contributed by atoms with Gasteiger partial charge in [0.2, 0.25) is 0 Å². The number of anilines is 1. The summed E-state index contributed by atoms with van der Waals surface area (Å²) in [5, 5.41) is 11.4. The molecule has 2 aromatic heterocycles. The summed E-state index contributed by atoms with van der Waals surface area (Å²) in [7, 11) is 1.62. The molecule has 2 heterocycles. The Balaban J connectivity index is 1.47. The largest absolute Gasteiger partial charge is 0.497 e. The van der Waals surface area contributed by atoms with Gasteiger partial charge in [0.05, 0.1) is 7.11 Å². The molecule has 2 N–H and O–H groups in total. The summed E-state index contributed by atoms with van der Waals surface area (Å²) in [4.78, 5) is 17.2. The van der Waals surface area contributed by atoms with Crippen LogP contribution in [0, 0.1) is 0 Å². The van der Waals surface area contributed by atoms with Crippen molar-refractivity contribution in [3.8, 4) is 5.75 Å². The molecule has 0 radical (unpaired) electrons. The minimum Gasteiger partial charge on any atom is -0.497 e. The number of rotatable bonds is 9. The topological polar surface area (TPSA) is 81.1 Å². The normalized spacial score (nSPS) is 15.2. The monoisotopic (exact) mass is 433 g/mol. The van der Waals surface area contributed by atoms with Crippen LogP contribution >= 0.6 is 0 Å². The van der Waals surface area contributed by atoms with Gasteiger partial charge >= 0.3 is 0 Å². The van der Waals surface area contributed by atoms with Crippen LogP contribution in [0.3, 0.4) is 0 Å². The lowest BCUT2D eigenvalue weighted by atomic mass is 9.91. The number of aromatic nitrogens is 3. The van der Waals surface area contributed by atoms with Crippen molar-refractivity contribution in [1.29, 1.82) is 0 Å². The van der Waals surface area contributed by atoms with Crippen molar-refractivity contribution in [3.05, 3.63) is 71.3 Å². The van der Waals surface area contributed by atoms with Gasteiger partial charge < -0.3 is 15.4 Å². The number of fused-ring (bicyclic) bond motifs is 1. The third-order valence-electron chi connectivity index (χ3n) is 5.92. The zero-order chi connectivity index (χ0) is 22.3. The summed E-state index contributed by atoms with van der Waals surface area (Å²) in [6, 6.07) is 11.8. The molecular weight excluding hydrogens is 402 g/mol. The predicted molar refractivity (Wildman–Crippen MR) is 125 cm³/mol. The van der Waals surface area contributed by atoms with Crippen molar-refractivity contribution < 1.29 is 9.53 Å². The van der Waals surface area contributed by atoms with Crippen LogP contribution in [0.1, 0.15) is 47.1 Å². The van der Waals surface area contributed by atoms with E-state index in [1.165, 1.54) is 11.3 Å². The predicted octanol–water partition coefficient (Wildman–Crippen LogP) is 3.64. The Hall–Kier alpha value is -3.19. The first-order valence-corrected chi connectivity index (χ1v) is 11.3. The number of ether oxygens (including phenoxy) is 1. The fourth-order valence-electron chi connectivity index (χ4n) is 4.30. The number of amides is 1. The van der Waals surface area contributed by atoms with E-state index in [4.69, 9.17) is 9.84 Å².